The second kappa shape index (κ2) is 5.71. The van der Waals surface area contributed by atoms with Crippen LogP contribution in [0.5, 0.6) is 5.75 Å². The summed E-state index contributed by atoms with van der Waals surface area (Å²) in [6, 6.07) is 2.35. The molecular weight excluding hydrogens is 234 g/mol. The van der Waals surface area contributed by atoms with E-state index >= 15 is 0 Å². The predicted molar refractivity (Wildman–Crippen MR) is 71.5 cm³/mol. The van der Waals surface area contributed by atoms with Crippen LogP contribution in [0.4, 0.5) is 0 Å². The molecular formula is C12H19N3OS. The number of hydrogen-bond acceptors (Lipinski definition) is 5. The third-order valence-corrected chi connectivity index (χ3v) is 4.26. The van der Waals surface area contributed by atoms with Crippen LogP contribution in [-0.2, 0) is 0 Å². The summed E-state index contributed by atoms with van der Waals surface area (Å²) in [5.41, 5.74) is 7.38. The summed E-state index contributed by atoms with van der Waals surface area (Å²) in [5, 5.41) is 0. The van der Waals surface area contributed by atoms with E-state index in [9.17, 15) is 0 Å². The van der Waals surface area contributed by atoms with Crippen LogP contribution in [0.25, 0.3) is 0 Å². The smallest absolute Gasteiger partial charge is 0.137 e. The molecule has 1 saturated heterocycles. The Hall–Kier alpha value is -0.780. The minimum absolute atomic E-state index is 0.00426. The maximum Gasteiger partial charge on any atom is 0.137 e. The Balaban J connectivity index is 2.14. The monoisotopic (exact) mass is 253 g/mol. The summed E-state index contributed by atoms with van der Waals surface area (Å²) in [7, 11) is 3.78. The fourth-order valence-corrected chi connectivity index (χ4v) is 3.32. The molecule has 0 saturated carbocycles. The molecule has 94 valence electrons. The molecule has 2 rings (SSSR count). The van der Waals surface area contributed by atoms with E-state index < -0.39 is 0 Å². The van der Waals surface area contributed by atoms with Gasteiger partial charge in [-0.2, -0.15) is 11.8 Å². The van der Waals surface area contributed by atoms with Gasteiger partial charge in [0.1, 0.15) is 5.75 Å². The van der Waals surface area contributed by atoms with Gasteiger partial charge >= 0.3 is 0 Å². The number of hydrogen-bond donors (Lipinski definition) is 1. The van der Waals surface area contributed by atoms with Gasteiger partial charge in [-0.05, 0) is 18.7 Å². The van der Waals surface area contributed by atoms with Gasteiger partial charge in [0.15, 0.2) is 0 Å². The van der Waals surface area contributed by atoms with Crippen LogP contribution >= 0.6 is 11.8 Å². The molecule has 0 bridgehead atoms. The topological polar surface area (TPSA) is 51.4 Å². The van der Waals surface area contributed by atoms with Crippen molar-refractivity contribution in [3.63, 3.8) is 0 Å². The van der Waals surface area contributed by atoms with Gasteiger partial charge < -0.3 is 10.5 Å². The van der Waals surface area contributed by atoms with Gasteiger partial charge in [0.25, 0.3) is 0 Å². The highest BCUT2D eigenvalue weighted by Crippen LogP contribution is 2.26. The van der Waals surface area contributed by atoms with Crippen molar-refractivity contribution in [2.75, 3.05) is 32.2 Å². The first-order valence-corrected chi connectivity index (χ1v) is 6.90. The van der Waals surface area contributed by atoms with Gasteiger partial charge in [-0.25, -0.2) is 0 Å². The highest BCUT2D eigenvalue weighted by Gasteiger charge is 2.26. The number of likely N-dealkylation sites (N-methyl/N-ethyl adjacent to an activating group) is 1. The summed E-state index contributed by atoms with van der Waals surface area (Å²) in [6.07, 6.45) is 3.54. The summed E-state index contributed by atoms with van der Waals surface area (Å²) in [4.78, 5) is 6.50. The molecule has 17 heavy (non-hydrogen) atoms. The number of pyridine rings is 1. The van der Waals surface area contributed by atoms with Crippen molar-refractivity contribution in [2.45, 2.75) is 12.1 Å². The molecule has 2 N–H and O–H groups in total. The number of aromatic nitrogens is 1. The zero-order valence-electron chi connectivity index (χ0n) is 10.3. The Morgan fingerprint density at radius 3 is 3.12 bits per heavy atom. The van der Waals surface area contributed by atoms with Gasteiger partial charge in [0, 0.05) is 36.3 Å². The van der Waals surface area contributed by atoms with Gasteiger partial charge in [0.2, 0.25) is 0 Å². The molecule has 1 aliphatic heterocycles. The lowest BCUT2D eigenvalue weighted by Gasteiger charge is -2.36. The molecule has 2 heterocycles. The van der Waals surface area contributed by atoms with E-state index in [-0.39, 0.29) is 6.04 Å². The van der Waals surface area contributed by atoms with Crippen molar-refractivity contribution in [3.8, 4) is 5.75 Å². The number of ether oxygens (including phenoxy) is 1. The highest BCUT2D eigenvalue weighted by molar-refractivity contribution is 7.99. The van der Waals surface area contributed by atoms with Crippen LogP contribution in [0.3, 0.4) is 0 Å². The van der Waals surface area contributed by atoms with Gasteiger partial charge in [-0.1, -0.05) is 0 Å². The third kappa shape index (κ3) is 2.91. The lowest BCUT2D eigenvalue weighted by molar-refractivity contribution is 0.237. The normalized spacial score (nSPS) is 23.4. The second-order valence-electron chi connectivity index (χ2n) is 4.31. The van der Waals surface area contributed by atoms with E-state index in [1.54, 1.807) is 13.3 Å². The number of methoxy groups -OCH3 is 1. The average Bonchev–Trinajstić information content (AvgIpc) is 2.38. The molecule has 5 heteroatoms. The van der Waals surface area contributed by atoms with Crippen LogP contribution < -0.4 is 10.5 Å². The van der Waals surface area contributed by atoms with Crippen LogP contribution in [0, 0.1) is 0 Å². The molecule has 1 aromatic heterocycles. The fraction of sp³-hybridized carbons (Fsp3) is 0.583. The van der Waals surface area contributed by atoms with E-state index in [4.69, 9.17) is 10.5 Å². The zero-order valence-corrected chi connectivity index (χ0v) is 11.1. The SMILES string of the molecule is COc1cncc(C(N)C2CSCCN2C)c1. The van der Waals surface area contributed by atoms with Crippen molar-refractivity contribution in [1.82, 2.24) is 9.88 Å². The van der Waals surface area contributed by atoms with Crippen LogP contribution in [-0.4, -0.2) is 48.1 Å². The number of nitrogens with zero attached hydrogens (tertiary/aromatic N) is 2. The molecule has 0 aliphatic carbocycles. The standard InChI is InChI=1S/C12H19N3OS/c1-15-3-4-17-8-11(15)12(13)9-5-10(16-2)7-14-6-9/h5-7,11-12H,3-4,8,13H2,1-2H3. The molecule has 1 aliphatic rings. The summed E-state index contributed by atoms with van der Waals surface area (Å²) in [6.45, 7) is 1.10. The van der Waals surface area contributed by atoms with Crippen LogP contribution in [0.2, 0.25) is 0 Å². The zero-order chi connectivity index (χ0) is 12.3. The van der Waals surface area contributed by atoms with Crippen molar-refractivity contribution in [2.24, 2.45) is 5.73 Å². The van der Waals surface area contributed by atoms with E-state index in [1.165, 1.54) is 5.75 Å². The Labute approximate surface area is 107 Å². The maximum atomic E-state index is 6.33. The molecule has 0 spiro atoms. The number of nitrogens with two attached hydrogens (primary N) is 1. The minimum Gasteiger partial charge on any atom is -0.495 e. The van der Waals surface area contributed by atoms with E-state index in [1.807, 2.05) is 24.0 Å². The van der Waals surface area contributed by atoms with Crippen molar-refractivity contribution >= 4 is 11.8 Å². The molecule has 0 aromatic carbocycles. The molecule has 2 unspecified atom stereocenters. The molecule has 1 fully saturated rings. The lowest BCUT2D eigenvalue weighted by atomic mass is 10.0. The Morgan fingerprint density at radius 2 is 2.41 bits per heavy atom. The highest BCUT2D eigenvalue weighted by atomic mass is 32.2. The fourth-order valence-electron chi connectivity index (χ4n) is 2.04. The quantitative estimate of drug-likeness (QED) is 0.875. The van der Waals surface area contributed by atoms with E-state index in [0.29, 0.717) is 6.04 Å². The number of rotatable bonds is 3. The van der Waals surface area contributed by atoms with Gasteiger partial charge in [-0.3, -0.25) is 9.88 Å². The summed E-state index contributed by atoms with van der Waals surface area (Å²) >= 11 is 1.97. The van der Waals surface area contributed by atoms with Crippen LogP contribution in [0.1, 0.15) is 11.6 Å². The number of thioether (sulfide) groups is 1. The Kier molecular flexibility index (Phi) is 4.25. The second-order valence-corrected chi connectivity index (χ2v) is 5.46. The first-order chi connectivity index (χ1) is 8.22. The lowest BCUT2D eigenvalue weighted by Crippen LogP contribution is -2.46. The Bertz CT molecular complexity index is 375. The molecule has 2 atom stereocenters. The molecule has 4 nitrogen and oxygen atoms in total. The third-order valence-electron chi connectivity index (χ3n) is 3.21. The summed E-state index contributed by atoms with van der Waals surface area (Å²) < 4.78 is 5.18. The van der Waals surface area contributed by atoms with Gasteiger partial charge in [-0.15, -0.1) is 0 Å². The first kappa shape index (κ1) is 12.7. The first-order valence-electron chi connectivity index (χ1n) is 5.75. The van der Waals surface area contributed by atoms with E-state index in [0.717, 1.165) is 23.6 Å². The maximum absolute atomic E-state index is 6.33. The predicted octanol–water partition coefficient (Wildman–Crippen LogP) is 1.14. The molecule has 0 radical (unpaired) electrons. The van der Waals surface area contributed by atoms with Crippen molar-refractivity contribution in [3.05, 3.63) is 24.0 Å². The Morgan fingerprint density at radius 1 is 1.59 bits per heavy atom. The molecule has 0 amide bonds. The van der Waals surface area contributed by atoms with Crippen molar-refractivity contribution < 1.29 is 4.74 Å². The van der Waals surface area contributed by atoms with E-state index in [2.05, 4.69) is 16.9 Å². The molecule has 1 aromatic rings. The minimum atomic E-state index is -0.00426. The van der Waals surface area contributed by atoms with Gasteiger partial charge in [0.05, 0.1) is 13.3 Å². The largest absolute Gasteiger partial charge is 0.495 e. The van der Waals surface area contributed by atoms with Crippen LogP contribution in [0.15, 0.2) is 18.5 Å². The summed E-state index contributed by atoms with van der Waals surface area (Å²) in [5.74, 6) is 3.04. The average molecular weight is 253 g/mol. The van der Waals surface area contributed by atoms with Crippen molar-refractivity contribution in [1.29, 1.82) is 0 Å².